The van der Waals surface area contributed by atoms with E-state index >= 15 is 0 Å². The lowest BCUT2D eigenvalue weighted by Gasteiger charge is -2.23. The molecule has 6 heteroatoms. The average molecular weight is 267 g/mol. The number of nitrogens with zero attached hydrogens (tertiary/aromatic N) is 3. The predicted octanol–water partition coefficient (Wildman–Crippen LogP) is 2.85. The number of aromatic nitrogens is 2. The molecule has 0 radical (unpaired) electrons. The first-order chi connectivity index (χ1) is 8.97. The van der Waals surface area contributed by atoms with Gasteiger partial charge in [0.25, 0.3) is 0 Å². The monoisotopic (exact) mass is 267 g/mol. The fraction of sp³-hybridized carbons (Fsp3) is 0.385. The Morgan fingerprint density at radius 3 is 2.58 bits per heavy atom. The lowest BCUT2D eigenvalue weighted by atomic mass is 10.1. The molecule has 4 nitrogen and oxygen atoms in total. The first-order valence-electron chi connectivity index (χ1n) is 5.91. The summed E-state index contributed by atoms with van der Waals surface area (Å²) in [6.07, 6.45) is 0. The van der Waals surface area contributed by atoms with Crippen LogP contribution in [0.25, 0.3) is 0 Å². The molecular weight excluding hydrogens is 252 g/mol. The standard InChI is InChI=1S/C13H15F2N3O/c1-8(10-4-5-11(14)12(15)6-10)18(3)7-13-17-16-9(2)19-13/h4-6,8H,7H2,1-3H3/t8-/m0/s1. The fourth-order valence-electron chi connectivity index (χ4n) is 1.78. The molecule has 0 N–H and O–H groups in total. The second kappa shape index (κ2) is 5.44. The van der Waals surface area contributed by atoms with Crippen LogP contribution in [0.15, 0.2) is 22.6 Å². The summed E-state index contributed by atoms with van der Waals surface area (Å²) in [4.78, 5) is 1.92. The highest BCUT2D eigenvalue weighted by atomic mass is 19.2. The largest absolute Gasteiger partial charge is 0.424 e. The van der Waals surface area contributed by atoms with Crippen molar-refractivity contribution in [1.82, 2.24) is 15.1 Å². The zero-order chi connectivity index (χ0) is 14.0. The van der Waals surface area contributed by atoms with Gasteiger partial charge in [0.2, 0.25) is 11.8 Å². The molecular formula is C13H15F2N3O. The first-order valence-corrected chi connectivity index (χ1v) is 5.91. The Morgan fingerprint density at radius 1 is 1.26 bits per heavy atom. The van der Waals surface area contributed by atoms with Gasteiger partial charge in [0.05, 0.1) is 6.54 Å². The maximum absolute atomic E-state index is 13.2. The molecule has 0 aliphatic rings. The lowest BCUT2D eigenvalue weighted by molar-refractivity contribution is 0.226. The Labute approximate surface area is 110 Å². The third-order valence-corrected chi connectivity index (χ3v) is 3.04. The molecule has 0 saturated heterocycles. The van der Waals surface area contributed by atoms with E-state index in [2.05, 4.69) is 10.2 Å². The molecule has 0 spiro atoms. The van der Waals surface area contributed by atoms with Gasteiger partial charge < -0.3 is 4.42 Å². The summed E-state index contributed by atoms with van der Waals surface area (Å²) in [5.74, 6) is -0.684. The van der Waals surface area contributed by atoms with Crippen LogP contribution in [0.2, 0.25) is 0 Å². The molecule has 1 aromatic carbocycles. The topological polar surface area (TPSA) is 42.2 Å². The summed E-state index contributed by atoms with van der Waals surface area (Å²) in [5, 5.41) is 7.65. The Balaban J connectivity index is 2.09. The van der Waals surface area contributed by atoms with Gasteiger partial charge in [0.15, 0.2) is 11.6 Å². The van der Waals surface area contributed by atoms with Crippen LogP contribution in [0.3, 0.4) is 0 Å². The number of hydrogen-bond donors (Lipinski definition) is 0. The molecule has 0 amide bonds. The Morgan fingerprint density at radius 2 is 2.00 bits per heavy atom. The van der Waals surface area contributed by atoms with E-state index in [0.717, 1.165) is 6.07 Å². The van der Waals surface area contributed by atoms with Crippen LogP contribution in [0.5, 0.6) is 0 Å². The van der Waals surface area contributed by atoms with Crippen molar-refractivity contribution in [3.63, 3.8) is 0 Å². The van der Waals surface area contributed by atoms with E-state index in [1.165, 1.54) is 6.07 Å². The fourth-order valence-corrected chi connectivity index (χ4v) is 1.78. The molecule has 0 aliphatic heterocycles. The van der Waals surface area contributed by atoms with Crippen molar-refractivity contribution in [3.8, 4) is 0 Å². The number of hydrogen-bond acceptors (Lipinski definition) is 4. The molecule has 1 aromatic heterocycles. The number of halogens is 2. The van der Waals surface area contributed by atoms with E-state index in [9.17, 15) is 8.78 Å². The smallest absolute Gasteiger partial charge is 0.230 e. The van der Waals surface area contributed by atoms with Crippen LogP contribution in [0, 0.1) is 18.6 Å². The van der Waals surface area contributed by atoms with Gasteiger partial charge >= 0.3 is 0 Å². The Hall–Kier alpha value is -1.82. The van der Waals surface area contributed by atoms with Gasteiger partial charge in [0.1, 0.15) is 0 Å². The highest BCUT2D eigenvalue weighted by Crippen LogP contribution is 2.22. The first kappa shape index (κ1) is 13.6. The molecule has 0 bridgehead atoms. The van der Waals surface area contributed by atoms with E-state index < -0.39 is 11.6 Å². The normalized spacial score (nSPS) is 12.9. The SMILES string of the molecule is Cc1nnc(CN(C)[C@@H](C)c2ccc(F)c(F)c2)o1. The third kappa shape index (κ3) is 3.14. The summed E-state index contributed by atoms with van der Waals surface area (Å²) in [5.41, 5.74) is 0.692. The molecule has 0 unspecified atom stereocenters. The molecule has 1 atom stereocenters. The second-order valence-electron chi connectivity index (χ2n) is 4.48. The minimum atomic E-state index is -0.842. The summed E-state index contributed by atoms with van der Waals surface area (Å²) in [6.45, 7) is 4.06. The van der Waals surface area contributed by atoms with Crippen molar-refractivity contribution in [2.24, 2.45) is 0 Å². The molecule has 19 heavy (non-hydrogen) atoms. The van der Waals surface area contributed by atoms with Gasteiger partial charge in [-0.2, -0.15) is 0 Å². The molecule has 0 saturated carbocycles. The number of benzene rings is 1. The van der Waals surface area contributed by atoms with Crippen LogP contribution >= 0.6 is 0 Å². The van der Waals surface area contributed by atoms with Crippen LogP contribution in [0.1, 0.15) is 30.3 Å². The predicted molar refractivity (Wildman–Crippen MR) is 65.3 cm³/mol. The minimum absolute atomic E-state index is 0.0951. The molecule has 102 valence electrons. The average Bonchev–Trinajstić information content (AvgIpc) is 2.77. The van der Waals surface area contributed by atoms with Gasteiger partial charge in [-0.05, 0) is 31.7 Å². The van der Waals surface area contributed by atoms with Gasteiger partial charge in [-0.3, -0.25) is 4.90 Å². The minimum Gasteiger partial charge on any atom is -0.424 e. The van der Waals surface area contributed by atoms with Crippen molar-refractivity contribution in [1.29, 1.82) is 0 Å². The van der Waals surface area contributed by atoms with E-state index in [0.29, 0.717) is 23.9 Å². The highest BCUT2D eigenvalue weighted by Gasteiger charge is 2.16. The lowest BCUT2D eigenvalue weighted by Crippen LogP contribution is -2.22. The van der Waals surface area contributed by atoms with Crippen LogP contribution in [0.4, 0.5) is 8.78 Å². The van der Waals surface area contributed by atoms with Crippen molar-refractivity contribution >= 4 is 0 Å². The van der Waals surface area contributed by atoms with Gasteiger partial charge in [-0.1, -0.05) is 6.07 Å². The second-order valence-corrected chi connectivity index (χ2v) is 4.48. The van der Waals surface area contributed by atoms with Gasteiger partial charge in [-0.15, -0.1) is 10.2 Å². The van der Waals surface area contributed by atoms with Crippen LogP contribution in [-0.4, -0.2) is 22.1 Å². The quantitative estimate of drug-likeness (QED) is 0.854. The van der Waals surface area contributed by atoms with E-state index in [1.54, 1.807) is 13.0 Å². The molecule has 2 aromatic rings. The Kier molecular flexibility index (Phi) is 3.90. The highest BCUT2D eigenvalue weighted by molar-refractivity contribution is 5.20. The van der Waals surface area contributed by atoms with Crippen molar-refractivity contribution in [2.75, 3.05) is 7.05 Å². The molecule has 0 fully saturated rings. The number of aryl methyl sites for hydroxylation is 1. The third-order valence-electron chi connectivity index (χ3n) is 3.04. The van der Waals surface area contributed by atoms with Gasteiger partial charge in [-0.25, -0.2) is 8.78 Å². The summed E-state index contributed by atoms with van der Waals surface area (Å²) < 4.78 is 31.4. The van der Waals surface area contributed by atoms with Gasteiger partial charge in [0, 0.05) is 13.0 Å². The molecule has 1 heterocycles. The van der Waals surface area contributed by atoms with E-state index in [1.807, 2.05) is 18.9 Å². The molecule has 2 rings (SSSR count). The summed E-state index contributed by atoms with van der Waals surface area (Å²) in [6, 6.07) is 3.81. The summed E-state index contributed by atoms with van der Waals surface area (Å²) >= 11 is 0. The summed E-state index contributed by atoms with van der Waals surface area (Å²) in [7, 11) is 1.85. The van der Waals surface area contributed by atoms with Crippen molar-refractivity contribution in [2.45, 2.75) is 26.4 Å². The van der Waals surface area contributed by atoms with Crippen molar-refractivity contribution < 1.29 is 13.2 Å². The maximum atomic E-state index is 13.2. The number of rotatable bonds is 4. The zero-order valence-corrected chi connectivity index (χ0v) is 11.0. The molecule has 0 aliphatic carbocycles. The van der Waals surface area contributed by atoms with Crippen LogP contribution < -0.4 is 0 Å². The zero-order valence-electron chi connectivity index (χ0n) is 11.0. The van der Waals surface area contributed by atoms with E-state index in [-0.39, 0.29) is 6.04 Å². The Bertz CT molecular complexity index is 571. The maximum Gasteiger partial charge on any atom is 0.230 e. The van der Waals surface area contributed by atoms with Crippen molar-refractivity contribution in [3.05, 3.63) is 47.2 Å². The van der Waals surface area contributed by atoms with Crippen LogP contribution in [-0.2, 0) is 6.54 Å². The van der Waals surface area contributed by atoms with E-state index in [4.69, 9.17) is 4.42 Å².